The number of methoxy groups -OCH3 is 1. The number of aliphatic hydroxyl groups is 5. The SMILES string of the molecule is CN=C(N)NCc1c(CCC2=CNC(N)C=C2)cc2c(c1O)C(=O)c1c(OC3OC(O)(CO)C(O)(CCC4=CCNC(N)=C4)C(O)C3O)cc(OC)cc1C2=O. The van der Waals surface area contributed by atoms with Gasteiger partial charge in [0.2, 0.25) is 17.9 Å². The van der Waals surface area contributed by atoms with E-state index in [1.807, 2.05) is 6.08 Å². The molecular weight excluding hydrogens is 730 g/mol. The zero-order valence-corrected chi connectivity index (χ0v) is 30.8. The number of aliphatic imine (C=N–C) groups is 1. The fraction of sp³-hybridized carbons (Fsp3) is 0.395. The first-order chi connectivity index (χ1) is 26.6. The van der Waals surface area contributed by atoms with E-state index in [9.17, 15) is 40.2 Å². The first-order valence-electron chi connectivity index (χ1n) is 17.8. The number of allylic oxidation sites excluding steroid dienone is 4. The number of aryl methyl sites for hydroxylation is 1. The van der Waals surface area contributed by atoms with Crippen LogP contribution in [0.15, 0.2) is 70.7 Å². The summed E-state index contributed by atoms with van der Waals surface area (Å²) in [6, 6.07) is 4.07. The summed E-state index contributed by atoms with van der Waals surface area (Å²) in [5.41, 5.74) is 16.4. The van der Waals surface area contributed by atoms with Gasteiger partial charge in [0.25, 0.3) is 0 Å². The number of fused-ring (bicyclic) bond motifs is 2. The Morgan fingerprint density at radius 3 is 2.50 bits per heavy atom. The normalized spacial score (nSPS) is 27.2. The number of carbonyl (C=O) groups is 2. The summed E-state index contributed by atoms with van der Waals surface area (Å²) in [5, 5.41) is 76.5. The highest BCUT2D eigenvalue weighted by Gasteiger charge is 2.64. The Hall–Kier alpha value is -5.47. The van der Waals surface area contributed by atoms with Gasteiger partial charge < -0.3 is 78.0 Å². The van der Waals surface area contributed by atoms with Gasteiger partial charge in [-0.2, -0.15) is 0 Å². The van der Waals surface area contributed by atoms with Crippen LogP contribution in [0.1, 0.15) is 62.2 Å². The maximum Gasteiger partial charge on any atom is 0.231 e. The molecule has 2 aromatic carbocycles. The molecular formula is C38H47N7O11. The Kier molecular flexibility index (Phi) is 11.4. The monoisotopic (exact) mass is 777 g/mol. The predicted molar refractivity (Wildman–Crippen MR) is 201 cm³/mol. The van der Waals surface area contributed by atoms with Crippen LogP contribution >= 0.6 is 0 Å². The Labute approximate surface area is 321 Å². The number of nitrogens with zero attached hydrogens (tertiary/aromatic N) is 1. The average Bonchev–Trinajstić information content (AvgIpc) is 3.19. The predicted octanol–water partition coefficient (Wildman–Crippen LogP) is -1.55. The molecule has 6 atom stereocenters. The van der Waals surface area contributed by atoms with E-state index in [4.69, 9.17) is 31.4 Å². The summed E-state index contributed by atoms with van der Waals surface area (Å²) < 4.78 is 17.0. The highest BCUT2D eigenvalue weighted by molar-refractivity contribution is 6.30. The third-order valence-electron chi connectivity index (χ3n) is 10.4. The van der Waals surface area contributed by atoms with Crippen molar-refractivity contribution in [1.82, 2.24) is 16.0 Å². The lowest BCUT2D eigenvalue weighted by atomic mass is 9.77. The summed E-state index contributed by atoms with van der Waals surface area (Å²) in [6.07, 6.45) is 2.71. The number of nitrogens with two attached hydrogens (primary N) is 3. The van der Waals surface area contributed by atoms with E-state index in [0.29, 0.717) is 36.3 Å². The maximum atomic E-state index is 14.5. The van der Waals surface area contributed by atoms with Gasteiger partial charge in [-0.1, -0.05) is 12.2 Å². The van der Waals surface area contributed by atoms with Crippen LogP contribution in [0.2, 0.25) is 0 Å². The standard InChI is InChI=1S/C38H47N7O11/c1-42-36(41)45-16-24-20(5-3-19-4-6-26(39)44-15-19)12-22-29(31(24)48)32(49)28-23(30(22)47)13-21(54-2)14-25(28)55-35-33(50)34(51)37(52,38(53,17-46)56-35)9-7-18-8-10-43-27(40)11-18/h4,6,8,11-15,26,33-35,43-44,46,48,50-53H,3,5,7,9-10,16-17,39-40H2,1-2H3,(H3,41,42,45). The van der Waals surface area contributed by atoms with Crippen molar-refractivity contribution in [3.8, 4) is 17.2 Å². The molecule has 0 radical (unpaired) electrons. The van der Waals surface area contributed by atoms with Crippen molar-refractivity contribution in [3.05, 3.63) is 99.1 Å². The van der Waals surface area contributed by atoms with E-state index in [1.165, 1.54) is 32.4 Å². The molecule has 3 heterocycles. The Balaban J connectivity index is 1.35. The molecule has 0 aromatic heterocycles. The quantitative estimate of drug-likeness (QED) is 0.0732. The van der Waals surface area contributed by atoms with Crippen LogP contribution < -0.4 is 42.6 Å². The highest BCUT2D eigenvalue weighted by atomic mass is 16.8. The molecule has 0 amide bonds. The second kappa shape index (κ2) is 15.9. The number of phenols is 1. The first kappa shape index (κ1) is 40.2. The molecule has 1 aliphatic carbocycles. The zero-order valence-electron chi connectivity index (χ0n) is 30.8. The van der Waals surface area contributed by atoms with Crippen molar-refractivity contribution in [3.63, 3.8) is 0 Å². The largest absolute Gasteiger partial charge is 0.507 e. The smallest absolute Gasteiger partial charge is 0.231 e. The fourth-order valence-corrected chi connectivity index (χ4v) is 7.19. The number of ketones is 2. The van der Waals surface area contributed by atoms with Gasteiger partial charge in [-0.3, -0.25) is 14.6 Å². The molecule has 0 bridgehead atoms. The molecule has 18 nitrogen and oxygen atoms in total. The van der Waals surface area contributed by atoms with Gasteiger partial charge in [0.1, 0.15) is 41.7 Å². The molecule has 300 valence electrons. The fourth-order valence-electron chi connectivity index (χ4n) is 7.19. The molecule has 15 N–H and O–H groups in total. The number of nitrogens with one attached hydrogen (secondary N) is 3. The summed E-state index contributed by atoms with van der Waals surface area (Å²) in [7, 11) is 2.78. The molecule has 56 heavy (non-hydrogen) atoms. The van der Waals surface area contributed by atoms with Crippen LogP contribution in [0.3, 0.4) is 0 Å². The maximum absolute atomic E-state index is 14.5. The first-order valence-corrected chi connectivity index (χ1v) is 17.8. The topological polar surface area (TPSA) is 310 Å². The van der Waals surface area contributed by atoms with Gasteiger partial charge in [0.15, 0.2) is 11.7 Å². The number of hydrogen-bond acceptors (Lipinski definition) is 16. The highest BCUT2D eigenvalue weighted by Crippen LogP contribution is 2.45. The lowest BCUT2D eigenvalue weighted by Crippen LogP contribution is -2.74. The molecule has 4 aliphatic rings. The summed E-state index contributed by atoms with van der Waals surface area (Å²) in [6.45, 7) is -0.904. The molecule has 1 fully saturated rings. The number of phenolic OH excluding ortho intramolecular Hbond substituents is 1. The zero-order chi connectivity index (χ0) is 40.5. The lowest BCUT2D eigenvalue weighted by molar-refractivity contribution is -0.419. The number of dihydropyridines is 2. The number of ether oxygens (including phenoxy) is 3. The second-order valence-electron chi connectivity index (χ2n) is 13.9. The van der Waals surface area contributed by atoms with Crippen LogP contribution in [-0.4, -0.2) is 112 Å². The van der Waals surface area contributed by atoms with Crippen LogP contribution in [0.25, 0.3) is 0 Å². The second-order valence-corrected chi connectivity index (χ2v) is 13.9. The van der Waals surface area contributed by atoms with E-state index < -0.39 is 66.0 Å². The van der Waals surface area contributed by atoms with Gasteiger partial charge in [-0.15, -0.1) is 0 Å². The van der Waals surface area contributed by atoms with Gasteiger partial charge >= 0.3 is 0 Å². The molecule has 1 saturated heterocycles. The van der Waals surface area contributed by atoms with Crippen LogP contribution in [-0.2, 0) is 17.7 Å². The van der Waals surface area contributed by atoms with E-state index in [1.54, 1.807) is 24.4 Å². The summed E-state index contributed by atoms with van der Waals surface area (Å²) >= 11 is 0. The van der Waals surface area contributed by atoms with Crippen LogP contribution in [0.5, 0.6) is 17.2 Å². The van der Waals surface area contributed by atoms with Gasteiger partial charge in [-0.25, -0.2) is 0 Å². The summed E-state index contributed by atoms with van der Waals surface area (Å²) in [5.74, 6) is -4.80. The van der Waals surface area contributed by atoms with Gasteiger partial charge in [0, 0.05) is 49.1 Å². The Morgan fingerprint density at radius 1 is 1.09 bits per heavy atom. The van der Waals surface area contributed by atoms with Crippen molar-refractivity contribution in [1.29, 1.82) is 0 Å². The molecule has 0 spiro atoms. The number of rotatable bonds is 12. The molecule has 6 rings (SSSR count). The van der Waals surface area contributed by atoms with Crippen molar-refractivity contribution >= 4 is 17.5 Å². The van der Waals surface area contributed by atoms with Crippen molar-refractivity contribution in [2.75, 3.05) is 27.3 Å². The molecule has 6 unspecified atom stereocenters. The third-order valence-corrected chi connectivity index (χ3v) is 10.4. The number of guanidine groups is 1. The van der Waals surface area contributed by atoms with Crippen LogP contribution in [0.4, 0.5) is 0 Å². The van der Waals surface area contributed by atoms with Gasteiger partial charge in [-0.05, 0) is 66.7 Å². The molecule has 3 aliphatic heterocycles. The number of aliphatic hydroxyl groups excluding tert-OH is 3. The third kappa shape index (κ3) is 7.42. The lowest BCUT2D eigenvalue weighted by Gasteiger charge is -2.52. The summed E-state index contributed by atoms with van der Waals surface area (Å²) in [4.78, 5) is 32.7. The van der Waals surface area contributed by atoms with Crippen LogP contribution in [0, 0.1) is 0 Å². The minimum absolute atomic E-state index is 0.0482. The van der Waals surface area contributed by atoms with E-state index >= 15 is 0 Å². The van der Waals surface area contributed by atoms with Gasteiger partial charge in [0.05, 0.1) is 30.2 Å². The molecule has 0 saturated carbocycles. The minimum atomic E-state index is -2.89. The average molecular weight is 778 g/mol. The minimum Gasteiger partial charge on any atom is -0.507 e. The van der Waals surface area contributed by atoms with Crippen molar-refractivity contribution < 1.29 is 54.4 Å². The van der Waals surface area contributed by atoms with E-state index in [0.717, 1.165) is 5.57 Å². The van der Waals surface area contributed by atoms with E-state index in [-0.39, 0.29) is 58.7 Å². The number of aromatic hydroxyl groups is 1. The number of benzene rings is 2. The molecule has 18 heteroatoms. The van der Waals surface area contributed by atoms with Crippen molar-refractivity contribution in [2.45, 2.75) is 68.3 Å². The van der Waals surface area contributed by atoms with Crippen molar-refractivity contribution in [2.24, 2.45) is 22.2 Å². The Morgan fingerprint density at radius 2 is 1.84 bits per heavy atom. The molecule has 2 aromatic rings. The van der Waals surface area contributed by atoms with E-state index in [2.05, 4.69) is 20.9 Å². The number of carbonyl (C=O) groups excluding carboxylic acids is 2. The Bertz CT molecular complexity index is 2060. The number of hydrogen-bond donors (Lipinski definition) is 12.